The van der Waals surface area contributed by atoms with Gasteiger partial charge in [-0.25, -0.2) is 24.1 Å². The zero-order valence-electron chi connectivity index (χ0n) is 23.9. The molecule has 6 rings (SSSR count). The first-order valence-electron chi connectivity index (χ1n) is 13.8. The molecule has 1 fully saturated rings. The molecular weight excluding hydrogens is 557 g/mol. The molecule has 0 radical (unpaired) electrons. The summed E-state index contributed by atoms with van der Waals surface area (Å²) in [5.41, 5.74) is 2.84. The van der Waals surface area contributed by atoms with Crippen LogP contribution in [0.15, 0.2) is 48.0 Å². The Morgan fingerprint density at radius 3 is 2.50 bits per heavy atom. The average Bonchev–Trinajstić information content (AvgIpc) is 3.56. The van der Waals surface area contributed by atoms with E-state index in [9.17, 15) is 14.0 Å². The Hall–Kier alpha value is -4.16. The zero-order valence-corrected chi connectivity index (χ0v) is 24.7. The number of likely N-dealkylation sites (tertiary alicyclic amines) is 1. The molecule has 2 amide bonds. The van der Waals surface area contributed by atoms with E-state index >= 15 is 0 Å². The predicted octanol–water partition coefficient (Wildman–Crippen LogP) is 5.24. The number of hydrogen-bond acceptors (Lipinski definition) is 8. The highest BCUT2D eigenvalue weighted by molar-refractivity contribution is 7.13. The molecule has 1 N–H and O–H groups in total. The molecule has 0 spiro atoms. The summed E-state index contributed by atoms with van der Waals surface area (Å²) in [6.45, 7) is 8.64. The number of nitrogens with one attached hydrogen (secondary N) is 1. The number of rotatable bonds is 5. The summed E-state index contributed by atoms with van der Waals surface area (Å²) in [5, 5.41) is 5.14. The number of carbonyl (C=O) groups is 2. The van der Waals surface area contributed by atoms with Crippen LogP contribution in [0, 0.1) is 5.82 Å². The van der Waals surface area contributed by atoms with E-state index < -0.39 is 11.7 Å². The van der Waals surface area contributed by atoms with Crippen molar-refractivity contribution in [2.75, 3.05) is 32.0 Å². The fourth-order valence-electron chi connectivity index (χ4n) is 5.14. The number of likely N-dealkylation sites (N-methyl/N-ethyl adjacent to an activating group) is 1. The van der Waals surface area contributed by atoms with Gasteiger partial charge in [0, 0.05) is 49.2 Å². The number of anilines is 1. The molecule has 5 heterocycles. The minimum absolute atomic E-state index is 0.251. The lowest BCUT2D eigenvalue weighted by Gasteiger charge is -2.36. The summed E-state index contributed by atoms with van der Waals surface area (Å²) >= 11 is 1.33. The quantitative estimate of drug-likeness (QED) is 0.339. The number of amides is 2. The van der Waals surface area contributed by atoms with E-state index in [1.165, 1.54) is 23.5 Å². The first kappa shape index (κ1) is 28.0. The average molecular weight is 590 g/mol. The highest BCUT2D eigenvalue weighted by Crippen LogP contribution is 2.36. The molecule has 0 saturated carbocycles. The minimum atomic E-state index is -0.614. The number of aromatic nitrogens is 4. The Balaban J connectivity index is 1.26. The third-order valence-corrected chi connectivity index (χ3v) is 8.09. The van der Waals surface area contributed by atoms with Crippen molar-refractivity contribution in [1.82, 2.24) is 29.3 Å². The van der Waals surface area contributed by atoms with E-state index in [0.717, 1.165) is 24.3 Å². The summed E-state index contributed by atoms with van der Waals surface area (Å²) in [4.78, 5) is 43.7. The van der Waals surface area contributed by atoms with Crippen LogP contribution in [0.1, 0.15) is 48.6 Å². The van der Waals surface area contributed by atoms with Gasteiger partial charge in [0.25, 0.3) is 5.91 Å². The molecule has 2 aliphatic rings. The van der Waals surface area contributed by atoms with Gasteiger partial charge in [0.05, 0.1) is 12.2 Å². The van der Waals surface area contributed by atoms with Crippen molar-refractivity contribution >= 4 is 29.2 Å². The van der Waals surface area contributed by atoms with Crippen LogP contribution in [-0.4, -0.2) is 73.6 Å². The van der Waals surface area contributed by atoms with E-state index in [2.05, 4.69) is 27.2 Å². The molecule has 0 bridgehead atoms. The number of thiazole rings is 1. The van der Waals surface area contributed by atoms with E-state index in [4.69, 9.17) is 9.72 Å². The van der Waals surface area contributed by atoms with Crippen LogP contribution in [0.4, 0.5) is 15.0 Å². The van der Waals surface area contributed by atoms with Gasteiger partial charge in [-0.15, -0.1) is 11.3 Å². The van der Waals surface area contributed by atoms with E-state index in [1.807, 2.05) is 43.7 Å². The maximum atomic E-state index is 13.8. The second-order valence-corrected chi connectivity index (χ2v) is 12.5. The number of ether oxygens (including phenoxy) is 1. The molecule has 2 aliphatic heterocycles. The number of halogens is 1. The van der Waals surface area contributed by atoms with Crippen LogP contribution in [0.2, 0.25) is 0 Å². The monoisotopic (exact) mass is 589 g/mol. The number of pyridine rings is 1. The first-order valence-corrected chi connectivity index (χ1v) is 14.7. The normalized spacial score (nSPS) is 15.7. The number of carbonyl (C=O) groups excluding carboxylic acids is 2. The van der Waals surface area contributed by atoms with Gasteiger partial charge >= 0.3 is 6.09 Å². The standard InChI is InChI=1S/C30H32FN7O3S/c1-30(2,3)41-29(40)37-11-12-38-24(16-37)35-25(18-5-8-21(31)9-6-18)26(38)28-33-22(17-42-28)27(39)34-23-10-7-19(13-32-23)20-14-36(4)15-20/h5-10,13,17,20H,11-12,14-16H2,1-4H3,(H,32,34,39). The lowest BCUT2D eigenvalue weighted by Crippen LogP contribution is -2.41. The first-order chi connectivity index (χ1) is 20.0. The smallest absolute Gasteiger partial charge is 0.410 e. The number of hydrogen-bond donors (Lipinski definition) is 1. The fourth-order valence-corrected chi connectivity index (χ4v) is 5.99. The molecular formula is C30H32FN7O3S. The minimum Gasteiger partial charge on any atom is -0.444 e. The Kier molecular flexibility index (Phi) is 7.27. The number of nitrogens with zero attached hydrogens (tertiary/aromatic N) is 6. The van der Waals surface area contributed by atoms with Crippen molar-refractivity contribution in [3.05, 3.63) is 70.9 Å². The highest BCUT2D eigenvalue weighted by atomic mass is 32.1. The molecule has 10 nitrogen and oxygen atoms in total. The Morgan fingerprint density at radius 2 is 1.83 bits per heavy atom. The number of fused-ring (bicyclic) bond motifs is 1. The number of benzene rings is 1. The molecule has 3 aromatic heterocycles. The van der Waals surface area contributed by atoms with Crippen molar-refractivity contribution in [3.63, 3.8) is 0 Å². The Morgan fingerprint density at radius 1 is 1.07 bits per heavy atom. The predicted molar refractivity (Wildman–Crippen MR) is 158 cm³/mol. The van der Waals surface area contributed by atoms with Gasteiger partial charge in [0.1, 0.15) is 39.5 Å². The molecule has 218 valence electrons. The van der Waals surface area contributed by atoms with Crippen molar-refractivity contribution in [3.8, 4) is 22.0 Å². The molecule has 4 aromatic rings. The van der Waals surface area contributed by atoms with Crippen molar-refractivity contribution in [1.29, 1.82) is 0 Å². The van der Waals surface area contributed by atoms with Crippen LogP contribution >= 0.6 is 11.3 Å². The van der Waals surface area contributed by atoms with Crippen LogP contribution in [0.3, 0.4) is 0 Å². The number of imidazole rings is 1. The topological polar surface area (TPSA) is 105 Å². The summed E-state index contributed by atoms with van der Waals surface area (Å²) < 4.78 is 21.3. The Labute approximate surface area is 247 Å². The highest BCUT2D eigenvalue weighted by Gasteiger charge is 2.31. The molecule has 0 unspecified atom stereocenters. The third-order valence-electron chi connectivity index (χ3n) is 7.24. The maximum absolute atomic E-state index is 13.8. The molecule has 0 atom stereocenters. The lowest BCUT2D eigenvalue weighted by atomic mass is 9.93. The van der Waals surface area contributed by atoms with Crippen molar-refractivity contribution in [2.24, 2.45) is 0 Å². The molecule has 0 aliphatic carbocycles. The van der Waals surface area contributed by atoms with Gasteiger partial charge in [0.15, 0.2) is 0 Å². The molecule has 1 saturated heterocycles. The van der Waals surface area contributed by atoms with Crippen molar-refractivity contribution < 1.29 is 18.7 Å². The summed E-state index contributed by atoms with van der Waals surface area (Å²) in [5.74, 6) is 0.877. The zero-order chi connectivity index (χ0) is 29.6. The van der Waals surface area contributed by atoms with E-state index in [-0.39, 0.29) is 24.0 Å². The second kappa shape index (κ2) is 10.9. The lowest BCUT2D eigenvalue weighted by molar-refractivity contribution is 0.0195. The van der Waals surface area contributed by atoms with Gasteiger partial charge in [-0.05, 0) is 63.7 Å². The fraction of sp³-hybridized carbons (Fsp3) is 0.367. The summed E-state index contributed by atoms with van der Waals surface area (Å²) in [6.07, 6.45) is 1.41. The molecule has 1 aromatic carbocycles. The van der Waals surface area contributed by atoms with E-state index in [1.54, 1.807) is 22.4 Å². The van der Waals surface area contributed by atoms with Crippen LogP contribution in [0.25, 0.3) is 22.0 Å². The van der Waals surface area contributed by atoms with Gasteiger partial charge in [-0.1, -0.05) is 6.07 Å². The second-order valence-electron chi connectivity index (χ2n) is 11.7. The molecule has 12 heteroatoms. The maximum Gasteiger partial charge on any atom is 0.410 e. The van der Waals surface area contributed by atoms with Gasteiger partial charge < -0.3 is 19.5 Å². The van der Waals surface area contributed by atoms with Gasteiger partial charge in [0.2, 0.25) is 0 Å². The Bertz CT molecular complexity index is 1620. The molecule has 42 heavy (non-hydrogen) atoms. The van der Waals surface area contributed by atoms with Crippen LogP contribution in [-0.2, 0) is 17.8 Å². The van der Waals surface area contributed by atoms with E-state index in [0.29, 0.717) is 46.9 Å². The van der Waals surface area contributed by atoms with Gasteiger partial charge in [-0.3, -0.25) is 9.69 Å². The summed E-state index contributed by atoms with van der Waals surface area (Å²) in [7, 11) is 2.09. The van der Waals surface area contributed by atoms with Gasteiger partial charge in [-0.2, -0.15) is 0 Å². The SMILES string of the molecule is CN1CC(c2ccc(NC(=O)c3csc(-c4c(-c5ccc(F)cc5)nc5n4CCN(C(=O)OC(C)(C)C)C5)n3)nc2)C1. The summed E-state index contributed by atoms with van der Waals surface area (Å²) in [6, 6.07) is 9.91. The third kappa shape index (κ3) is 5.77. The van der Waals surface area contributed by atoms with Crippen molar-refractivity contribution in [2.45, 2.75) is 45.4 Å². The van der Waals surface area contributed by atoms with Crippen LogP contribution < -0.4 is 5.32 Å². The van der Waals surface area contributed by atoms with Crippen LogP contribution in [0.5, 0.6) is 0 Å². The largest absolute Gasteiger partial charge is 0.444 e.